The highest BCUT2D eigenvalue weighted by Crippen LogP contribution is 2.31. The summed E-state index contributed by atoms with van der Waals surface area (Å²) in [5.74, 6) is -1.93. The van der Waals surface area contributed by atoms with Crippen LogP contribution in [0.15, 0.2) is 66.7 Å². The van der Waals surface area contributed by atoms with Gasteiger partial charge in [0.25, 0.3) is 0 Å². The molecule has 0 heterocycles. The molecule has 0 amide bonds. The smallest absolute Gasteiger partial charge is 0.397 e. The highest BCUT2D eigenvalue weighted by molar-refractivity contribution is 6.42. The van der Waals surface area contributed by atoms with Crippen molar-refractivity contribution in [1.29, 1.82) is 0 Å². The van der Waals surface area contributed by atoms with E-state index in [9.17, 15) is 17.6 Å². The van der Waals surface area contributed by atoms with Crippen LogP contribution in [0.2, 0.25) is 10.0 Å². The first-order valence-corrected chi connectivity index (χ1v) is 10.2. The fourth-order valence-electron chi connectivity index (χ4n) is 2.65. The van der Waals surface area contributed by atoms with E-state index in [4.69, 9.17) is 37.4 Å². The zero-order valence-electron chi connectivity index (χ0n) is 16.5. The van der Waals surface area contributed by atoms with E-state index >= 15 is 0 Å². The average Bonchev–Trinajstić information content (AvgIpc) is 2.75. The van der Waals surface area contributed by atoms with Crippen LogP contribution in [0.4, 0.5) is 17.6 Å². The van der Waals surface area contributed by atoms with Crippen LogP contribution in [0.1, 0.15) is 5.56 Å². The second-order valence-corrected chi connectivity index (χ2v) is 7.63. The molecular formula is C23H18Cl2F4O3. The standard InChI is InChI=1S/C23H18Cl2F4O3/c24-19-8-7-18(11-20(19)25)31-14-16(23(27,28)29)13-30-12-15-6-9-21(26)22(10-15)32-17-4-2-1-3-5-17/h1-11,16H,12-14H2. The van der Waals surface area contributed by atoms with Gasteiger partial charge in [-0.15, -0.1) is 0 Å². The Morgan fingerprint density at radius 3 is 2.25 bits per heavy atom. The number of benzene rings is 3. The maximum absolute atomic E-state index is 14.0. The molecule has 1 atom stereocenters. The SMILES string of the molecule is Fc1ccc(COCC(COc2ccc(Cl)c(Cl)c2)C(F)(F)F)cc1Oc1ccccc1. The predicted molar refractivity (Wildman–Crippen MR) is 114 cm³/mol. The Hall–Kier alpha value is -2.48. The molecule has 0 saturated carbocycles. The van der Waals surface area contributed by atoms with Gasteiger partial charge in [-0.05, 0) is 42.0 Å². The van der Waals surface area contributed by atoms with Crippen molar-refractivity contribution in [2.45, 2.75) is 12.8 Å². The van der Waals surface area contributed by atoms with Gasteiger partial charge in [0.2, 0.25) is 0 Å². The quantitative estimate of drug-likeness (QED) is 0.289. The van der Waals surface area contributed by atoms with E-state index in [0.717, 1.165) is 0 Å². The van der Waals surface area contributed by atoms with Crippen LogP contribution < -0.4 is 9.47 Å². The van der Waals surface area contributed by atoms with Gasteiger partial charge in [-0.3, -0.25) is 0 Å². The Morgan fingerprint density at radius 2 is 1.56 bits per heavy atom. The second-order valence-electron chi connectivity index (χ2n) is 6.82. The van der Waals surface area contributed by atoms with Crippen molar-refractivity contribution in [3.05, 3.63) is 88.2 Å². The van der Waals surface area contributed by atoms with Gasteiger partial charge in [-0.25, -0.2) is 4.39 Å². The lowest BCUT2D eigenvalue weighted by Crippen LogP contribution is -2.32. The zero-order valence-corrected chi connectivity index (χ0v) is 18.1. The van der Waals surface area contributed by atoms with E-state index in [1.807, 2.05) is 0 Å². The van der Waals surface area contributed by atoms with E-state index in [-0.39, 0.29) is 28.2 Å². The second kappa shape index (κ2) is 10.9. The third-order valence-corrected chi connectivity index (χ3v) is 5.10. The first-order chi connectivity index (χ1) is 15.2. The molecule has 3 rings (SSSR count). The summed E-state index contributed by atoms with van der Waals surface area (Å²) in [6, 6.07) is 16.7. The normalized spacial score (nSPS) is 12.4. The fourth-order valence-corrected chi connectivity index (χ4v) is 2.94. The maximum Gasteiger partial charge on any atom is 0.397 e. The molecule has 0 fully saturated rings. The minimum atomic E-state index is -4.54. The monoisotopic (exact) mass is 488 g/mol. The molecule has 0 radical (unpaired) electrons. The molecule has 3 nitrogen and oxygen atoms in total. The van der Waals surface area contributed by atoms with E-state index < -0.39 is 31.1 Å². The van der Waals surface area contributed by atoms with E-state index in [2.05, 4.69) is 0 Å². The lowest BCUT2D eigenvalue weighted by molar-refractivity contribution is -0.196. The van der Waals surface area contributed by atoms with Crippen molar-refractivity contribution >= 4 is 23.2 Å². The van der Waals surface area contributed by atoms with Crippen molar-refractivity contribution < 1.29 is 31.8 Å². The van der Waals surface area contributed by atoms with Gasteiger partial charge < -0.3 is 14.2 Å². The third-order valence-electron chi connectivity index (χ3n) is 4.36. The molecule has 9 heteroatoms. The molecule has 0 aliphatic carbocycles. The van der Waals surface area contributed by atoms with Crippen LogP contribution in [0.3, 0.4) is 0 Å². The minimum Gasteiger partial charge on any atom is -0.493 e. The summed E-state index contributed by atoms with van der Waals surface area (Å²) in [5.41, 5.74) is 0.462. The molecule has 0 aliphatic heterocycles. The average molecular weight is 489 g/mol. The Morgan fingerprint density at radius 1 is 0.812 bits per heavy atom. The Labute approximate surface area is 192 Å². The van der Waals surface area contributed by atoms with Gasteiger partial charge in [-0.1, -0.05) is 47.5 Å². The van der Waals surface area contributed by atoms with Crippen LogP contribution in [0.25, 0.3) is 0 Å². The molecule has 3 aromatic carbocycles. The largest absolute Gasteiger partial charge is 0.493 e. The molecule has 0 spiro atoms. The van der Waals surface area contributed by atoms with E-state index in [0.29, 0.717) is 11.3 Å². The lowest BCUT2D eigenvalue weighted by Gasteiger charge is -2.21. The summed E-state index contributed by atoms with van der Waals surface area (Å²) >= 11 is 11.6. The van der Waals surface area contributed by atoms with Crippen molar-refractivity contribution in [2.24, 2.45) is 5.92 Å². The number of ether oxygens (including phenoxy) is 3. The predicted octanol–water partition coefficient (Wildman–Crippen LogP) is 7.70. The minimum absolute atomic E-state index is 0.0485. The number of hydrogen-bond acceptors (Lipinski definition) is 3. The summed E-state index contributed by atoms with van der Waals surface area (Å²) in [6.07, 6.45) is -4.54. The molecule has 0 bridgehead atoms. The molecule has 0 saturated heterocycles. The molecule has 3 aromatic rings. The van der Waals surface area contributed by atoms with Crippen molar-refractivity contribution in [3.8, 4) is 17.2 Å². The fraction of sp³-hybridized carbons (Fsp3) is 0.217. The molecule has 0 N–H and O–H groups in total. The van der Waals surface area contributed by atoms with Crippen molar-refractivity contribution in [2.75, 3.05) is 13.2 Å². The number of para-hydroxylation sites is 1. The summed E-state index contributed by atoms with van der Waals surface area (Å²) in [4.78, 5) is 0. The van der Waals surface area contributed by atoms with Gasteiger partial charge in [0.1, 0.15) is 24.0 Å². The highest BCUT2D eigenvalue weighted by Gasteiger charge is 2.40. The van der Waals surface area contributed by atoms with E-state index in [1.54, 1.807) is 30.3 Å². The van der Waals surface area contributed by atoms with Crippen LogP contribution in [0, 0.1) is 11.7 Å². The molecule has 32 heavy (non-hydrogen) atoms. The van der Waals surface area contributed by atoms with Crippen LogP contribution in [-0.2, 0) is 11.3 Å². The summed E-state index contributed by atoms with van der Waals surface area (Å²) < 4.78 is 70.1. The molecule has 0 aromatic heterocycles. The van der Waals surface area contributed by atoms with Crippen molar-refractivity contribution in [3.63, 3.8) is 0 Å². The molecular weight excluding hydrogens is 471 g/mol. The first kappa shape index (κ1) is 24.2. The van der Waals surface area contributed by atoms with Gasteiger partial charge in [0.05, 0.1) is 23.3 Å². The van der Waals surface area contributed by atoms with Gasteiger partial charge in [0, 0.05) is 6.07 Å². The van der Waals surface area contributed by atoms with Crippen LogP contribution >= 0.6 is 23.2 Å². The summed E-state index contributed by atoms with van der Waals surface area (Å²) in [7, 11) is 0. The third kappa shape index (κ3) is 7.02. The number of alkyl halides is 3. The van der Waals surface area contributed by atoms with Gasteiger partial charge in [-0.2, -0.15) is 13.2 Å². The molecule has 170 valence electrons. The van der Waals surface area contributed by atoms with Crippen LogP contribution in [0.5, 0.6) is 17.2 Å². The van der Waals surface area contributed by atoms with Gasteiger partial charge >= 0.3 is 6.18 Å². The van der Waals surface area contributed by atoms with Gasteiger partial charge in [0.15, 0.2) is 11.6 Å². The topological polar surface area (TPSA) is 27.7 Å². The first-order valence-electron chi connectivity index (χ1n) is 9.46. The number of rotatable bonds is 9. The number of halogens is 6. The zero-order chi connectivity index (χ0) is 23.1. The lowest BCUT2D eigenvalue weighted by atomic mass is 10.1. The Bertz CT molecular complexity index is 1030. The van der Waals surface area contributed by atoms with E-state index in [1.165, 1.54) is 36.4 Å². The van der Waals surface area contributed by atoms with Crippen LogP contribution in [-0.4, -0.2) is 19.4 Å². The highest BCUT2D eigenvalue weighted by atomic mass is 35.5. The number of hydrogen-bond donors (Lipinski definition) is 0. The Balaban J connectivity index is 1.58. The van der Waals surface area contributed by atoms with Crippen molar-refractivity contribution in [1.82, 2.24) is 0 Å². The molecule has 1 unspecified atom stereocenters. The maximum atomic E-state index is 14.0. The summed E-state index contributed by atoms with van der Waals surface area (Å²) in [6.45, 7) is -1.46. The Kier molecular flexibility index (Phi) is 8.23. The molecule has 0 aliphatic rings. The summed E-state index contributed by atoms with van der Waals surface area (Å²) in [5, 5.41) is 0.443.